The van der Waals surface area contributed by atoms with Gasteiger partial charge in [-0.15, -0.1) is 0 Å². The Bertz CT molecular complexity index is 236. The van der Waals surface area contributed by atoms with E-state index < -0.39 is 0 Å². The third-order valence-corrected chi connectivity index (χ3v) is 3.42. The minimum absolute atomic E-state index is 0.0800. The minimum atomic E-state index is -0.129. The topological polar surface area (TPSA) is 61.4 Å². The Hall–Kier alpha value is -0.610. The van der Waals surface area contributed by atoms with Crippen LogP contribution in [0.1, 0.15) is 52.4 Å². The highest BCUT2D eigenvalue weighted by Gasteiger charge is 2.30. The summed E-state index contributed by atoms with van der Waals surface area (Å²) >= 11 is 0. The number of hydrogen-bond donors (Lipinski definition) is 3. The highest BCUT2D eigenvalue weighted by molar-refractivity contribution is 5.76. The maximum atomic E-state index is 11.5. The summed E-state index contributed by atoms with van der Waals surface area (Å²) in [7, 11) is 0. The van der Waals surface area contributed by atoms with E-state index in [4.69, 9.17) is 0 Å². The number of carbonyl (C=O) groups excluding carboxylic acids is 1. The van der Waals surface area contributed by atoms with Crippen LogP contribution in [0.5, 0.6) is 0 Å². The van der Waals surface area contributed by atoms with Crippen LogP contribution in [0.3, 0.4) is 0 Å². The van der Waals surface area contributed by atoms with Crippen LogP contribution in [0.2, 0.25) is 0 Å². The number of hydrogen-bond acceptors (Lipinski definition) is 3. The molecular weight excluding hydrogens is 216 g/mol. The molecule has 100 valence electrons. The Labute approximate surface area is 104 Å². The monoisotopic (exact) mass is 242 g/mol. The molecular formula is C13H26N2O2. The van der Waals surface area contributed by atoms with Crippen molar-refractivity contribution in [3.63, 3.8) is 0 Å². The average Bonchev–Trinajstić information content (AvgIpc) is 2.29. The van der Waals surface area contributed by atoms with Gasteiger partial charge in [0.25, 0.3) is 0 Å². The first-order valence-corrected chi connectivity index (χ1v) is 6.73. The Morgan fingerprint density at radius 1 is 1.29 bits per heavy atom. The molecule has 1 aliphatic rings. The molecule has 1 aliphatic carbocycles. The zero-order chi connectivity index (χ0) is 12.7. The molecule has 1 saturated carbocycles. The molecule has 4 nitrogen and oxygen atoms in total. The predicted octanol–water partition coefficient (Wildman–Crippen LogP) is 1.19. The summed E-state index contributed by atoms with van der Waals surface area (Å²) in [6, 6.07) is 0.198. The molecule has 0 radical (unpaired) electrons. The average molecular weight is 242 g/mol. The van der Waals surface area contributed by atoms with Gasteiger partial charge in [-0.05, 0) is 26.7 Å². The van der Waals surface area contributed by atoms with Crippen molar-refractivity contribution in [1.29, 1.82) is 0 Å². The first-order chi connectivity index (χ1) is 8.08. The number of aliphatic hydroxyl groups is 1. The second-order valence-corrected chi connectivity index (χ2v) is 5.40. The van der Waals surface area contributed by atoms with E-state index in [1.807, 2.05) is 13.8 Å². The summed E-state index contributed by atoms with van der Waals surface area (Å²) in [5.74, 6) is 0.0800. The lowest BCUT2D eigenvalue weighted by Gasteiger charge is -2.36. The van der Waals surface area contributed by atoms with Crippen LogP contribution < -0.4 is 10.6 Å². The van der Waals surface area contributed by atoms with Crippen molar-refractivity contribution in [2.75, 3.05) is 13.2 Å². The molecule has 0 aromatic rings. The lowest BCUT2D eigenvalue weighted by Crippen LogP contribution is -2.50. The maximum Gasteiger partial charge on any atom is 0.221 e. The lowest BCUT2D eigenvalue weighted by atomic mass is 9.82. The van der Waals surface area contributed by atoms with Gasteiger partial charge in [0.05, 0.1) is 6.61 Å². The van der Waals surface area contributed by atoms with Crippen molar-refractivity contribution in [2.24, 2.45) is 0 Å². The lowest BCUT2D eigenvalue weighted by molar-refractivity contribution is -0.121. The van der Waals surface area contributed by atoms with Gasteiger partial charge in [0, 0.05) is 24.5 Å². The molecule has 0 saturated heterocycles. The minimum Gasteiger partial charge on any atom is -0.394 e. The molecule has 1 rings (SSSR count). The first-order valence-electron chi connectivity index (χ1n) is 6.73. The summed E-state index contributed by atoms with van der Waals surface area (Å²) < 4.78 is 0. The summed E-state index contributed by atoms with van der Waals surface area (Å²) in [5, 5.41) is 15.7. The van der Waals surface area contributed by atoms with Crippen LogP contribution in [-0.4, -0.2) is 35.7 Å². The van der Waals surface area contributed by atoms with Crippen molar-refractivity contribution in [3.05, 3.63) is 0 Å². The van der Waals surface area contributed by atoms with Crippen molar-refractivity contribution in [2.45, 2.75) is 64.0 Å². The van der Waals surface area contributed by atoms with Crippen LogP contribution in [-0.2, 0) is 4.79 Å². The third kappa shape index (κ3) is 5.04. The van der Waals surface area contributed by atoms with Gasteiger partial charge in [0.1, 0.15) is 0 Å². The molecule has 4 heteroatoms. The second kappa shape index (κ2) is 6.97. The largest absolute Gasteiger partial charge is 0.394 e. The Balaban J connectivity index is 2.25. The third-order valence-electron chi connectivity index (χ3n) is 3.42. The smallest absolute Gasteiger partial charge is 0.221 e. The number of nitrogens with one attached hydrogen (secondary N) is 2. The van der Waals surface area contributed by atoms with Crippen LogP contribution in [0.4, 0.5) is 0 Å². The Morgan fingerprint density at radius 2 is 1.94 bits per heavy atom. The fraction of sp³-hybridized carbons (Fsp3) is 0.923. The van der Waals surface area contributed by atoms with Crippen LogP contribution in [0.15, 0.2) is 0 Å². The normalized spacial score (nSPS) is 19.3. The number of rotatable bonds is 6. The highest BCUT2D eigenvalue weighted by atomic mass is 16.3. The van der Waals surface area contributed by atoms with Crippen LogP contribution in [0.25, 0.3) is 0 Å². The van der Waals surface area contributed by atoms with Gasteiger partial charge < -0.3 is 15.7 Å². The van der Waals surface area contributed by atoms with Gasteiger partial charge >= 0.3 is 0 Å². The molecule has 1 fully saturated rings. The van der Waals surface area contributed by atoms with Gasteiger partial charge in [0.15, 0.2) is 0 Å². The van der Waals surface area contributed by atoms with Gasteiger partial charge in [-0.2, -0.15) is 0 Å². The van der Waals surface area contributed by atoms with Gasteiger partial charge in [-0.3, -0.25) is 4.79 Å². The molecule has 0 aromatic heterocycles. The van der Waals surface area contributed by atoms with E-state index in [2.05, 4.69) is 10.6 Å². The van der Waals surface area contributed by atoms with E-state index >= 15 is 0 Å². The van der Waals surface area contributed by atoms with Crippen LogP contribution >= 0.6 is 0 Å². The summed E-state index contributed by atoms with van der Waals surface area (Å²) in [5.41, 5.74) is -0.129. The van der Waals surface area contributed by atoms with Crippen LogP contribution in [0, 0.1) is 0 Å². The summed E-state index contributed by atoms with van der Waals surface area (Å²) in [6.45, 7) is 4.75. The van der Waals surface area contributed by atoms with Gasteiger partial charge in [-0.25, -0.2) is 0 Å². The summed E-state index contributed by atoms with van der Waals surface area (Å²) in [4.78, 5) is 11.5. The standard InChI is InChI=1S/C13H26N2O2/c1-11(2)15-12(17)6-9-14-13(10-16)7-4-3-5-8-13/h11,14,16H,3-10H2,1-2H3,(H,15,17). The fourth-order valence-corrected chi connectivity index (χ4v) is 2.45. The second-order valence-electron chi connectivity index (χ2n) is 5.40. The van der Waals surface area contributed by atoms with E-state index in [0.717, 1.165) is 12.8 Å². The van der Waals surface area contributed by atoms with E-state index in [1.165, 1.54) is 19.3 Å². The highest BCUT2D eigenvalue weighted by Crippen LogP contribution is 2.27. The zero-order valence-electron chi connectivity index (χ0n) is 11.1. The predicted molar refractivity (Wildman–Crippen MR) is 68.8 cm³/mol. The van der Waals surface area contributed by atoms with E-state index in [9.17, 15) is 9.90 Å². The van der Waals surface area contributed by atoms with E-state index in [1.54, 1.807) is 0 Å². The first kappa shape index (κ1) is 14.5. The molecule has 0 aliphatic heterocycles. The molecule has 1 amide bonds. The zero-order valence-corrected chi connectivity index (χ0v) is 11.1. The molecule has 0 spiro atoms. The Kier molecular flexibility index (Phi) is 5.92. The molecule has 0 aromatic carbocycles. The molecule has 0 atom stereocenters. The van der Waals surface area contributed by atoms with E-state index in [-0.39, 0.29) is 24.1 Å². The molecule has 0 heterocycles. The van der Waals surface area contributed by atoms with E-state index in [0.29, 0.717) is 13.0 Å². The molecule has 3 N–H and O–H groups in total. The Morgan fingerprint density at radius 3 is 2.47 bits per heavy atom. The van der Waals surface area contributed by atoms with Crippen molar-refractivity contribution < 1.29 is 9.90 Å². The fourth-order valence-electron chi connectivity index (χ4n) is 2.45. The van der Waals surface area contributed by atoms with Gasteiger partial charge in [0.2, 0.25) is 5.91 Å². The number of amides is 1. The molecule has 0 unspecified atom stereocenters. The van der Waals surface area contributed by atoms with Crippen molar-refractivity contribution in [1.82, 2.24) is 10.6 Å². The SMILES string of the molecule is CC(C)NC(=O)CCNC1(CO)CCCCC1. The van der Waals surface area contributed by atoms with Gasteiger partial charge in [-0.1, -0.05) is 19.3 Å². The quantitative estimate of drug-likeness (QED) is 0.655. The molecule has 17 heavy (non-hydrogen) atoms. The summed E-state index contributed by atoms with van der Waals surface area (Å²) in [6.07, 6.45) is 6.14. The number of carbonyl (C=O) groups is 1. The maximum absolute atomic E-state index is 11.5. The van der Waals surface area contributed by atoms with Crippen molar-refractivity contribution in [3.8, 4) is 0 Å². The number of aliphatic hydroxyl groups excluding tert-OH is 1. The van der Waals surface area contributed by atoms with Crippen molar-refractivity contribution >= 4 is 5.91 Å². The molecule has 0 bridgehead atoms.